The van der Waals surface area contributed by atoms with Crippen LogP contribution in [-0.2, 0) is 9.59 Å². The molecule has 1 fully saturated rings. The number of ether oxygens (including phenoxy) is 1. The number of carbonyl (C=O) groups is 2. The molecule has 1 aromatic carbocycles. The molecule has 1 unspecified atom stereocenters. The van der Waals surface area contributed by atoms with Gasteiger partial charge in [0, 0.05) is 12.1 Å². The van der Waals surface area contributed by atoms with Gasteiger partial charge in [0.25, 0.3) is 0 Å². The quantitative estimate of drug-likeness (QED) is 0.490. The fraction of sp³-hybridized carbons (Fsp3) is 0.231. The van der Waals surface area contributed by atoms with Gasteiger partial charge in [-0.1, -0.05) is 6.58 Å². The number of hydrogen-bond donors (Lipinski definition) is 1. The first kappa shape index (κ1) is 12.3. The number of piperidine rings is 1. The van der Waals surface area contributed by atoms with E-state index < -0.39 is 17.7 Å². The lowest BCUT2D eigenvalue weighted by atomic mass is 9.96. The minimum atomic E-state index is -0.456. The van der Waals surface area contributed by atoms with Crippen LogP contribution in [0.5, 0.6) is 5.75 Å². The van der Waals surface area contributed by atoms with Crippen LogP contribution >= 0.6 is 0 Å². The molecule has 1 atom stereocenters. The van der Waals surface area contributed by atoms with Crippen LogP contribution in [0.1, 0.15) is 6.42 Å². The average Bonchev–Trinajstić information content (AvgIpc) is 2.35. The lowest BCUT2D eigenvalue weighted by Gasteiger charge is -2.22. The van der Waals surface area contributed by atoms with Gasteiger partial charge in [-0.2, -0.15) is 0 Å². The number of rotatable bonds is 2. The summed E-state index contributed by atoms with van der Waals surface area (Å²) in [6, 6.07) is 5.18. The summed E-state index contributed by atoms with van der Waals surface area (Å²) in [7, 11) is 0. The van der Waals surface area contributed by atoms with E-state index >= 15 is 0 Å². The first-order valence-corrected chi connectivity index (χ1v) is 5.49. The highest BCUT2D eigenvalue weighted by atomic mass is 19.1. The highest BCUT2D eigenvalue weighted by molar-refractivity contribution is 5.95. The molecule has 0 saturated carbocycles. The molecule has 2 rings (SSSR count). The molecule has 4 nitrogen and oxygen atoms in total. The van der Waals surface area contributed by atoms with E-state index in [2.05, 4.69) is 11.9 Å². The molecule has 0 aromatic heterocycles. The van der Waals surface area contributed by atoms with Crippen molar-refractivity contribution in [2.24, 2.45) is 5.92 Å². The van der Waals surface area contributed by atoms with Crippen LogP contribution in [0.3, 0.4) is 0 Å². The molecule has 0 bridgehead atoms. The van der Waals surface area contributed by atoms with Gasteiger partial charge in [0.15, 0.2) is 0 Å². The summed E-state index contributed by atoms with van der Waals surface area (Å²) < 4.78 is 17.8. The first-order chi connectivity index (χ1) is 8.56. The van der Waals surface area contributed by atoms with Gasteiger partial charge in [-0.15, -0.1) is 0 Å². The zero-order valence-electron chi connectivity index (χ0n) is 9.61. The maximum atomic E-state index is 12.7. The van der Waals surface area contributed by atoms with Crippen molar-refractivity contribution < 1.29 is 18.7 Å². The molecule has 1 saturated heterocycles. The maximum absolute atomic E-state index is 12.7. The summed E-state index contributed by atoms with van der Waals surface area (Å²) in [6.45, 7) is 3.81. The third kappa shape index (κ3) is 2.74. The summed E-state index contributed by atoms with van der Waals surface area (Å²) in [6.07, 6.45) is 0.284. The molecule has 1 heterocycles. The average molecular weight is 249 g/mol. The van der Waals surface area contributed by atoms with Crippen molar-refractivity contribution in [1.82, 2.24) is 5.32 Å². The predicted octanol–water partition coefficient (Wildman–Crippen LogP) is 1.42. The Labute approximate surface area is 103 Å². The molecule has 94 valence electrons. The second-order valence-electron chi connectivity index (χ2n) is 4.09. The lowest BCUT2D eigenvalue weighted by Crippen LogP contribution is -2.41. The smallest absolute Gasteiger partial charge is 0.316 e. The van der Waals surface area contributed by atoms with E-state index in [1.165, 1.54) is 24.3 Å². The van der Waals surface area contributed by atoms with E-state index in [9.17, 15) is 14.0 Å². The van der Waals surface area contributed by atoms with Crippen molar-refractivity contribution in [3.63, 3.8) is 0 Å². The Morgan fingerprint density at radius 3 is 2.67 bits per heavy atom. The fourth-order valence-electron chi connectivity index (χ4n) is 1.67. The van der Waals surface area contributed by atoms with Crippen molar-refractivity contribution in [2.75, 3.05) is 6.54 Å². The zero-order valence-corrected chi connectivity index (χ0v) is 9.61. The Morgan fingerprint density at radius 2 is 2.06 bits per heavy atom. The summed E-state index contributed by atoms with van der Waals surface area (Å²) in [5.41, 5.74) is 0.363. The third-order valence-electron chi connectivity index (χ3n) is 2.69. The topological polar surface area (TPSA) is 55.4 Å². The van der Waals surface area contributed by atoms with Crippen molar-refractivity contribution in [1.29, 1.82) is 0 Å². The molecule has 1 amide bonds. The molecular weight excluding hydrogens is 237 g/mol. The number of benzene rings is 1. The van der Waals surface area contributed by atoms with Gasteiger partial charge in [0.1, 0.15) is 11.6 Å². The number of halogens is 1. The van der Waals surface area contributed by atoms with E-state index in [1.807, 2.05) is 0 Å². The van der Waals surface area contributed by atoms with Gasteiger partial charge in [-0.25, -0.2) is 4.39 Å². The second kappa shape index (κ2) is 5.00. The second-order valence-corrected chi connectivity index (χ2v) is 4.09. The molecular formula is C13H12FNO3. The Morgan fingerprint density at radius 1 is 1.39 bits per heavy atom. The SMILES string of the molecule is C=C1CC(C(=O)Oc2ccc(F)cc2)CNC1=O. The van der Waals surface area contributed by atoms with Crippen LogP contribution in [0, 0.1) is 11.7 Å². The van der Waals surface area contributed by atoms with Crippen LogP contribution in [0.4, 0.5) is 4.39 Å². The minimum Gasteiger partial charge on any atom is -0.426 e. The van der Waals surface area contributed by atoms with Crippen molar-refractivity contribution in [3.8, 4) is 5.75 Å². The van der Waals surface area contributed by atoms with E-state index in [4.69, 9.17) is 4.74 Å². The van der Waals surface area contributed by atoms with E-state index in [0.717, 1.165) is 0 Å². The Balaban J connectivity index is 1.98. The van der Waals surface area contributed by atoms with Crippen molar-refractivity contribution in [2.45, 2.75) is 6.42 Å². The standard InChI is InChI=1S/C13H12FNO3/c1-8-6-9(7-15-12(8)16)13(17)18-11-4-2-10(14)3-5-11/h2-5,9H,1,6-7H2,(H,15,16). The number of carbonyl (C=O) groups excluding carboxylic acids is 2. The van der Waals surface area contributed by atoms with E-state index in [-0.39, 0.29) is 24.6 Å². The summed E-state index contributed by atoms with van der Waals surface area (Å²) >= 11 is 0. The molecule has 1 aromatic rings. The number of nitrogens with one attached hydrogen (secondary N) is 1. The monoisotopic (exact) mass is 249 g/mol. The van der Waals surface area contributed by atoms with Crippen molar-refractivity contribution >= 4 is 11.9 Å². The maximum Gasteiger partial charge on any atom is 0.316 e. The van der Waals surface area contributed by atoms with Crippen LogP contribution in [0.25, 0.3) is 0 Å². The first-order valence-electron chi connectivity index (χ1n) is 5.49. The van der Waals surface area contributed by atoms with E-state index in [1.54, 1.807) is 0 Å². The highest BCUT2D eigenvalue weighted by Gasteiger charge is 2.28. The van der Waals surface area contributed by atoms with Gasteiger partial charge in [-0.3, -0.25) is 9.59 Å². The van der Waals surface area contributed by atoms with Crippen LogP contribution in [-0.4, -0.2) is 18.4 Å². The molecule has 1 N–H and O–H groups in total. The Bertz CT molecular complexity index is 495. The number of amides is 1. The molecule has 1 aliphatic rings. The van der Waals surface area contributed by atoms with Crippen LogP contribution in [0.2, 0.25) is 0 Å². The minimum absolute atomic E-state index is 0.234. The summed E-state index contributed by atoms with van der Waals surface area (Å²) in [5.74, 6) is -1.25. The Kier molecular flexibility index (Phi) is 3.41. The van der Waals surface area contributed by atoms with Gasteiger partial charge < -0.3 is 10.1 Å². The normalized spacial score (nSPS) is 19.3. The molecule has 5 heteroatoms. The zero-order chi connectivity index (χ0) is 13.1. The molecule has 1 aliphatic heterocycles. The molecule has 0 spiro atoms. The highest BCUT2D eigenvalue weighted by Crippen LogP contribution is 2.19. The summed E-state index contributed by atoms with van der Waals surface area (Å²) in [4.78, 5) is 22.9. The van der Waals surface area contributed by atoms with Crippen molar-refractivity contribution in [3.05, 3.63) is 42.2 Å². The van der Waals surface area contributed by atoms with E-state index in [0.29, 0.717) is 5.57 Å². The lowest BCUT2D eigenvalue weighted by molar-refractivity contribution is -0.139. The molecule has 18 heavy (non-hydrogen) atoms. The molecule has 0 aliphatic carbocycles. The predicted molar refractivity (Wildman–Crippen MR) is 62.3 cm³/mol. The van der Waals surface area contributed by atoms with Gasteiger partial charge in [-0.05, 0) is 30.7 Å². The van der Waals surface area contributed by atoms with Gasteiger partial charge >= 0.3 is 5.97 Å². The van der Waals surface area contributed by atoms with Crippen LogP contribution in [0.15, 0.2) is 36.4 Å². The Hall–Kier alpha value is -2.17. The van der Waals surface area contributed by atoms with Gasteiger partial charge in [0.05, 0.1) is 5.92 Å². The number of esters is 1. The van der Waals surface area contributed by atoms with Crippen LogP contribution < -0.4 is 10.1 Å². The summed E-state index contributed by atoms with van der Waals surface area (Å²) in [5, 5.41) is 2.56. The molecule has 0 radical (unpaired) electrons. The van der Waals surface area contributed by atoms with Gasteiger partial charge in [0.2, 0.25) is 5.91 Å². The fourth-order valence-corrected chi connectivity index (χ4v) is 1.67. The third-order valence-corrected chi connectivity index (χ3v) is 2.69. The number of hydrogen-bond acceptors (Lipinski definition) is 3. The largest absolute Gasteiger partial charge is 0.426 e.